The van der Waals surface area contributed by atoms with Gasteiger partial charge < -0.3 is 9.64 Å². The number of halogens is 1. The summed E-state index contributed by atoms with van der Waals surface area (Å²) in [5.41, 5.74) is 1.10. The second-order valence-electron chi connectivity index (χ2n) is 6.73. The molecule has 1 atom stereocenters. The van der Waals surface area contributed by atoms with Crippen molar-refractivity contribution in [1.82, 2.24) is 9.21 Å². The van der Waals surface area contributed by atoms with E-state index in [1.54, 1.807) is 24.0 Å². The van der Waals surface area contributed by atoms with Crippen molar-refractivity contribution in [3.63, 3.8) is 0 Å². The highest BCUT2D eigenvalue weighted by atomic mass is 32.2. The zero-order chi connectivity index (χ0) is 20.3. The normalized spacial score (nSPS) is 16.6. The minimum atomic E-state index is -3.93. The lowest BCUT2D eigenvalue weighted by molar-refractivity contribution is -0.139. The van der Waals surface area contributed by atoms with Gasteiger partial charge in [-0.25, -0.2) is 12.8 Å². The Bertz CT molecular complexity index is 939. The van der Waals surface area contributed by atoms with Crippen LogP contribution in [0.1, 0.15) is 12.5 Å². The van der Waals surface area contributed by atoms with Crippen molar-refractivity contribution in [3.05, 3.63) is 59.9 Å². The third kappa shape index (κ3) is 4.34. The lowest BCUT2D eigenvalue weighted by Gasteiger charge is -2.35. The Kier molecular flexibility index (Phi) is 6.00. The first-order valence-electron chi connectivity index (χ1n) is 9.06. The Morgan fingerprint density at radius 3 is 2.25 bits per heavy atom. The molecule has 0 aliphatic carbocycles. The first-order valence-corrected chi connectivity index (χ1v) is 10.5. The van der Waals surface area contributed by atoms with E-state index in [0.717, 1.165) is 11.6 Å². The summed E-state index contributed by atoms with van der Waals surface area (Å²) >= 11 is 0. The van der Waals surface area contributed by atoms with Crippen LogP contribution in [0.4, 0.5) is 4.39 Å². The van der Waals surface area contributed by atoms with Crippen molar-refractivity contribution in [2.45, 2.75) is 24.8 Å². The van der Waals surface area contributed by atoms with E-state index in [1.165, 1.54) is 22.5 Å². The largest absolute Gasteiger partial charge is 0.481 e. The van der Waals surface area contributed by atoms with Crippen molar-refractivity contribution in [2.75, 3.05) is 26.2 Å². The SMILES string of the molecule is Cc1ccc(OC(C)C(=O)N2CCN(S(=O)(=O)c3ccccc3F)CC2)cc1. The van der Waals surface area contributed by atoms with Gasteiger partial charge in [0.25, 0.3) is 5.91 Å². The monoisotopic (exact) mass is 406 g/mol. The van der Waals surface area contributed by atoms with E-state index in [0.29, 0.717) is 5.75 Å². The van der Waals surface area contributed by atoms with E-state index >= 15 is 0 Å². The van der Waals surface area contributed by atoms with E-state index in [9.17, 15) is 17.6 Å². The third-order valence-corrected chi connectivity index (χ3v) is 6.62. The minimum absolute atomic E-state index is 0.111. The van der Waals surface area contributed by atoms with E-state index < -0.39 is 21.9 Å². The number of ether oxygens (including phenoxy) is 1. The third-order valence-electron chi connectivity index (χ3n) is 4.69. The molecule has 0 N–H and O–H groups in total. The number of benzene rings is 2. The fourth-order valence-corrected chi connectivity index (χ4v) is 4.56. The van der Waals surface area contributed by atoms with Crippen molar-refractivity contribution in [1.29, 1.82) is 0 Å². The van der Waals surface area contributed by atoms with Gasteiger partial charge in [-0.1, -0.05) is 29.8 Å². The second kappa shape index (κ2) is 8.28. The van der Waals surface area contributed by atoms with Gasteiger partial charge in [0, 0.05) is 26.2 Å². The number of aryl methyl sites for hydroxylation is 1. The van der Waals surface area contributed by atoms with Gasteiger partial charge in [0.15, 0.2) is 6.10 Å². The van der Waals surface area contributed by atoms with E-state index in [2.05, 4.69) is 0 Å². The highest BCUT2D eigenvalue weighted by Crippen LogP contribution is 2.21. The van der Waals surface area contributed by atoms with Crippen molar-refractivity contribution < 1.29 is 22.3 Å². The minimum Gasteiger partial charge on any atom is -0.481 e. The van der Waals surface area contributed by atoms with Crippen LogP contribution in [-0.2, 0) is 14.8 Å². The molecule has 8 heteroatoms. The topological polar surface area (TPSA) is 66.9 Å². The summed E-state index contributed by atoms with van der Waals surface area (Å²) in [5, 5.41) is 0. The number of piperazine rings is 1. The summed E-state index contributed by atoms with van der Waals surface area (Å²) in [6.45, 7) is 4.32. The van der Waals surface area contributed by atoms with Gasteiger partial charge in [-0.2, -0.15) is 4.31 Å². The zero-order valence-electron chi connectivity index (χ0n) is 15.8. The zero-order valence-corrected chi connectivity index (χ0v) is 16.7. The molecule has 0 bridgehead atoms. The molecule has 0 radical (unpaired) electrons. The summed E-state index contributed by atoms with van der Waals surface area (Å²) < 4.78 is 46.1. The number of hydrogen-bond acceptors (Lipinski definition) is 4. The van der Waals surface area contributed by atoms with E-state index in [4.69, 9.17) is 4.74 Å². The summed E-state index contributed by atoms with van der Waals surface area (Å²) in [4.78, 5) is 13.9. The van der Waals surface area contributed by atoms with Crippen molar-refractivity contribution in [2.24, 2.45) is 0 Å². The van der Waals surface area contributed by atoms with E-state index in [1.807, 2.05) is 19.1 Å². The molecular weight excluding hydrogens is 383 g/mol. The lowest BCUT2D eigenvalue weighted by Crippen LogP contribution is -2.53. The predicted molar refractivity (Wildman–Crippen MR) is 103 cm³/mol. The Balaban J connectivity index is 1.60. The quantitative estimate of drug-likeness (QED) is 0.765. The summed E-state index contributed by atoms with van der Waals surface area (Å²) in [6.07, 6.45) is -0.683. The Hall–Kier alpha value is -2.45. The van der Waals surface area contributed by atoms with Crippen LogP contribution in [-0.4, -0.2) is 55.8 Å². The number of carbonyl (C=O) groups excluding carboxylic acids is 1. The maximum absolute atomic E-state index is 13.9. The molecule has 28 heavy (non-hydrogen) atoms. The van der Waals surface area contributed by atoms with Crippen LogP contribution in [0.15, 0.2) is 53.4 Å². The molecule has 1 unspecified atom stereocenters. The first-order chi connectivity index (χ1) is 13.3. The van der Waals surface area contributed by atoms with Gasteiger partial charge in [0.2, 0.25) is 10.0 Å². The first kappa shape index (κ1) is 20.3. The molecule has 0 spiro atoms. The molecule has 0 saturated carbocycles. The average Bonchev–Trinajstić information content (AvgIpc) is 2.69. The van der Waals surface area contributed by atoms with Gasteiger partial charge >= 0.3 is 0 Å². The molecule has 1 aliphatic heterocycles. The lowest BCUT2D eigenvalue weighted by atomic mass is 10.2. The van der Waals surface area contributed by atoms with Crippen LogP contribution >= 0.6 is 0 Å². The van der Waals surface area contributed by atoms with Gasteiger partial charge in [0.05, 0.1) is 0 Å². The summed E-state index contributed by atoms with van der Waals surface area (Å²) in [7, 11) is -3.93. The van der Waals surface area contributed by atoms with Crippen LogP contribution < -0.4 is 4.74 Å². The standard InChI is InChI=1S/C20H23FN2O4S/c1-15-7-9-17(10-8-15)27-16(2)20(24)22-11-13-23(14-12-22)28(25,26)19-6-4-3-5-18(19)21/h3-10,16H,11-14H2,1-2H3. The molecule has 1 aliphatic rings. The highest BCUT2D eigenvalue weighted by Gasteiger charge is 2.33. The molecule has 150 valence electrons. The second-order valence-corrected chi connectivity index (χ2v) is 8.64. The number of sulfonamides is 1. The molecule has 1 fully saturated rings. The highest BCUT2D eigenvalue weighted by molar-refractivity contribution is 7.89. The van der Waals surface area contributed by atoms with Gasteiger partial charge in [-0.15, -0.1) is 0 Å². The van der Waals surface area contributed by atoms with Gasteiger partial charge in [-0.3, -0.25) is 4.79 Å². The van der Waals surface area contributed by atoms with Crippen LogP contribution in [0.3, 0.4) is 0 Å². The van der Waals surface area contributed by atoms with Gasteiger partial charge in [-0.05, 0) is 38.1 Å². The van der Waals surface area contributed by atoms with Crippen LogP contribution in [0.25, 0.3) is 0 Å². The smallest absolute Gasteiger partial charge is 0.263 e. The summed E-state index contributed by atoms with van der Waals surface area (Å²) in [5.74, 6) is -0.378. The Morgan fingerprint density at radius 2 is 1.64 bits per heavy atom. The molecule has 2 aromatic rings. The molecule has 3 rings (SSSR count). The predicted octanol–water partition coefficient (Wildman–Crippen LogP) is 2.43. The van der Waals surface area contributed by atoms with Crippen molar-refractivity contribution in [3.8, 4) is 5.75 Å². The number of hydrogen-bond donors (Lipinski definition) is 0. The number of amides is 1. The number of carbonyl (C=O) groups is 1. The van der Waals surface area contributed by atoms with Crippen LogP contribution in [0.5, 0.6) is 5.75 Å². The van der Waals surface area contributed by atoms with Gasteiger partial charge in [0.1, 0.15) is 16.5 Å². The van der Waals surface area contributed by atoms with Crippen molar-refractivity contribution >= 4 is 15.9 Å². The van der Waals surface area contributed by atoms with E-state index in [-0.39, 0.29) is 37.0 Å². The summed E-state index contributed by atoms with van der Waals surface area (Å²) in [6, 6.07) is 12.7. The molecule has 2 aromatic carbocycles. The molecule has 1 heterocycles. The maximum Gasteiger partial charge on any atom is 0.263 e. The number of nitrogens with zero attached hydrogens (tertiary/aromatic N) is 2. The van der Waals surface area contributed by atoms with Crippen LogP contribution in [0, 0.1) is 12.7 Å². The fraction of sp³-hybridized carbons (Fsp3) is 0.350. The molecule has 6 nitrogen and oxygen atoms in total. The molecular formula is C20H23FN2O4S. The maximum atomic E-state index is 13.9. The molecule has 1 amide bonds. The van der Waals surface area contributed by atoms with Crippen LogP contribution in [0.2, 0.25) is 0 Å². The Labute approximate surface area is 164 Å². The molecule has 1 saturated heterocycles. The molecule has 0 aromatic heterocycles. The Morgan fingerprint density at radius 1 is 1.04 bits per heavy atom. The number of rotatable bonds is 5. The fourth-order valence-electron chi connectivity index (χ4n) is 3.07. The average molecular weight is 406 g/mol.